The van der Waals surface area contributed by atoms with Crippen LogP contribution >= 0.6 is 11.6 Å². The average Bonchev–Trinajstić information content (AvgIpc) is 2.88. The van der Waals surface area contributed by atoms with Crippen molar-refractivity contribution in [3.8, 4) is 0 Å². The molecule has 3 aromatic rings. The SMILES string of the molecule is CC[C@H](C(=O)NC(C)(C)C)N(Cc1ccccc1)C(=O)CN(c1ccc(C)c(C)c1)S(=O)(=O)c1ccc(Cl)cc1. The van der Waals surface area contributed by atoms with Crippen molar-refractivity contribution in [3.63, 3.8) is 0 Å². The first-order chi connectivity index (χ1) is 18.7. The molecule has 2 amide bonds. The average molecular weight is 584 g/mol. The van der Waals surface area contributed by atoms with Gasteiger partial charge in [0.1, 0.15) is 12.6 Å². The van der Waals surface area contributed by atoms with Gasteiger partial charge in [0.2, 0.25) is 11.8 Å². The highest BCUT2D eigenvalue weighted by atomic mass is 35.5. The van der Waals surface area contributed by atoms with E-state index in [2.05, 4.69) is 5.32 Å². The van der Waals surface area contributed by atoms with Crippen LogP contribution in [-0.4, -0.2) is 43.3 Å². The van der Waals surface area contributed by atoms with Crippen molar-refractivity contribution >= 4 is 39.1 Å². The molecule has 214 valence electrons. The van der Waals surface area contributed by atoms with E-state index in [0.29, 0.717) is 17.1 Å². The van der Waals surface area contributed by atoms with Gasteiger partial charge < -0.3 is 10.2 Å². The Bertz CT molecular complexity index is 1440. The van der Waals surface area contributed by atoms with Crippen LogP contribution in [-0.2, 0) is 26.2 Å². The van der Waals surface area contributed by atoms with E-state index in [1.807, 2.05) is 77.9 Å². The molecule has 7 nitrogen and oxygen atoms in total. The Morgan fingerprint density at radius 3 is 2.10 bits per heavy atom. The van der Waals surface area contributed by atoms with Gasteiger partial charge in [-0.15, -0.1) is 0 Å². The molecule has 0 bridgehead atoms. The Balaban J connectivity index is 2.08. The molecular weight excluding hydrogens is 546 g/mol. The lowest BCUT2D eigenvalue weighted by atomic mass is 10.1. The second kappa shape index (κ2) is 12.9. The highest BCUT2D eigenvalue weighted by molar-refractivity contribution is 7.92. The minimum absolute atomic E-state index is 0.00931. The molecule has 1 atom stereocenters. The summed E-state index contributed by atoms with van der Waals surface area (Å²) in [7, 11) is -4.16. The smallest absolute Gasteiger partial charge is 0.264 e. The zero-order valence-electron chi connectivity index (χ0n) is 23.9. The quantitative estimate of drug-likeness (QED) is 0.323. The van der Waals surface area contributed by atoms with E-state index in [0.717, 1.165) is 21.0 Å². The lowest BCUT2D eigenvalue weighted by molar-refractivity contribution is -0.141. The number of nitrogens with zero attached hydrogens (tertiary/aromatic N) is 2. The molecule has 3 aromatic carbocycles. The van der Waals surface area contributed by atoms with Gasteiger partial charge in [-0.2, -0.15) is 0 Å². The predicted octanol–water partition coefficient (Wildman–Crippen LogP) is 5.87. The standard InChI is InChI=1S/C31H38ClN3O4S/c1-7-28(30(37)33-31(4,5)6)34(20-24-11-9-8-10-12-24)29(36)21-35(26-16-13-22(2)23(3)19-26)40(38,39)27-17-14-25(32)15-18-27/h8-19,28H,7,20-21H2,1-6H3,(H,33,37)/t28-/m1/s1. The summed E-state index contributed by atoms with van der Waals surface area (Å²) in [6.07, 6.45) is 0.355. The fourth-order valence-electron chi connectivity index (χ4n) is 4.30. The third-order valence-corrected chi connectivity index (χ3v) is 8.58. The molecule has 0 aliphatic heterocycles. The first-order valence-corrected chi connectivity index (χ1v) is 15.1. The summed E-state index contributed by atoms with van der Waals surface area (Å²) in [4.78, 5) is 29.0. The molecule has 0 aliphatic rings. The maximum atomic E-state index is 14.1. The van der Waals surface area contributed by atoms with Crippen molar-refractivity contribution in [1.29, 1.82) is 0 Å². The molecule has 1 N–H and O–H groups in total. The van der Waals surface area contributed by atoms with E-state index in [9.17, 15) is 18.0 Å². The van der Waals surface area contributed by atoms with Crippen molar-refractivity contribution < 1.29 is 18.0 Å². The van der Waals surface area contributed by atoms with E-state index in [-0.39, 0.29) is 17.3 Å². The number of carbonyl (C=O) groups excluding carboxylic acids is 2. The number of rotatable bonds is 10. The van der Waals surface area contributed by atoms with Crippen molar-refractivity contribution in [2.75, 3.05) is 10.8 Å². The van der Waals surface area contributed by atoms with Crippen LogP contribution in [0.25, 0.3) is 0 Å². The zero-order valence-corrected chi connectivity index (χ0v) is 25.5. The number of hydrogen-bond donors (Lipinski definition) is 1. The Morgan fingerprint density at radius 2 is 1.55 bits per heavy atom. The molecule has 0 aliphatic carbocycles. The summed E-state index contributed by atoms with van der Waals surface area (Å²) >= 11 is 6.02. The van der Waals surface area contributed by atoms with Crippen LogP contribution in [0.5, 0.6) is 0 Å². The number of hydrogen-bond acceptors (Lipinski definition) is 4. The minimum Gasteiger partial charge on any atom is -0.350 e. The largest absolute Gasteiger partial charge is 0.350 e. The van der Waals surface area contributed by atoms with Crippen LogP contribution in [0.4, 0.5) is 5.69 Å². The Labute approximate surface area is 243 Å². The monoisotopic (exact) mass is 583 g/mol. The number of anilines is 1. The van der Waals surface area contributed by atoms with Gasteiger partial charge >= 0.3 is 0 Å². The third-order valence-electron chi connectivity index (χ3n) is 6.54. The molecule has 0 saturated carbocycles. The second-order valence-electron chi connectivity index (χ2n) is 10.9. The molecule has 3 rings (SSSR count). The van der Waals surface area contributed by atoms with Gasteiger partial charge in [-0.1, -0.05) is 54.9 Å². The number of benzene rings is 3. The normalized spacial score (nSPS) is 12.5. The van der Waals surface area contributed by atoms with Gasteiger partial charge in [0, 0.05) is 17.1 Å². The van der Waals surface area contributed by atoms with Gasteiger partial charge in [-0.05, 0) is 94.1 Å². The number of halogens is 1. The number of carbonyl (C=O) groups is 2. The van der Waals surface area contributed by atoms with Crippen molar-refractivity contribution in [2.24, 2.45) is 0 Å². The van der Waals surface area contributed by atoms with Crippen LogP contribution in [0.1, 0.15) is 50.8 Å². The van der Waals surface area contributed by atoms with Gasteiger partial charge in [0.25, 0.3) is 10.0 Å². The second-order valence-corrected chi connectivity index (χ2v) is 13.2. The van der Waals surface area contributed by atoms with Gasteiger partial charge in [-0.3, -0.25) is 13.9 Å². The lowest BCUT2D eigenvalue weighted by Gasteiger charge is -2.35. The first-order valence-electron chi connectivity index (χ1n) is 13.2. The zero-order chi connectivity index (χ0) is 29.7. The van der Waals surface area contributed by atoms with Crippen molar-refractivity contribution in [1.82, 2.24) is 10.2 Å². The summed E-state index contributed by atoms with van der Waals surface area (Å²) in [5.74, 6) is -0.784. The summed E-state index contributed by atoms with van der Waals surface area (Å²) in [5, 5.41) is 3.37. The van der Waals surface area contributed by atoms with Gasteiger partial charge in [0.05, 0.1) is 10.6 Å². The summed E-state index contributed by atoms with van der Waals surface area (Å²) < 4.78 is 29.0. The minimum atomic E-state index is -4.16. The molecule has 9 heteroatoms. The fourth-order valence-corrected chi connectivity index (χ4v) is 5.83. The van der Waals surface area contributed by atoms with E-state index < -0.39 is 34.1 Å². The molecule has 0 radical (unpaired) electrons. The third kappa shape index (κ3) is 7.86. The number of amides is 2. The van der Waals surface area contributed by atoms with Crippen LogP contribution in [0, 0.1) is 13.8 Å². The topological polar surface area (TPSA) is 86.8 Å². The molecule has 40 heavy (non-hydrogen) atoms. The van der Waals surface area contributed by atoms with Crippen molar-refractivity contribution in [2.45, 2.75) is 71.0 Å². The van der Waals surface area contributed by atoms with Crippen LogP contribution in [0.3, 0.4) is 0 Å². The van der Waals surface area contributed by atoms with Gasteiger partial charge in [0.15, 0.2) is 0 Å². The molecule has 0 saturated heterocycles. The lowest BCUT2D eigenvalue weighted by Crippen LogP contribution is -2.55. The molecule has 0 spiro atoms. The van der Waals surface area contributed by atoms with E-state index in [1.165, 1.54) is 29.2 Å². The number of aryl methyl sites for hydroxylation is 2. The molecule has 0 unspecified atom stereocenters. The summed E-state index contributed by atoms with van der Waals surface area (Å²) in [6, 6.07) is 19.7. The fraction of sp³-hybridized carbons (Fsp3) is 0.355. The summed E-state index contributed by atoms with van der Waals surface area (Å²) in [6.45, 7) is 11.0. The Hall–Kier alpha value is -3.36. The highest BCUT2D eigenvalue weighted by Crippen LogP contribution is 2.27. The molecule has 0 aromatic heterocycles. The van der Waals surface area contributed by atoms with Crippen LogP contribution in [0.2, 0.25) is 5.02 Å². The number of nitrogens with one attached hydrogen (secondary N) is 1. The predicted molar refractivity (Wildman–Crippen MR) is 161 cm³/mol. The maximum absolute atomic E-state index is 14.1. The molecule has 0 heterocycles. The Morgan fingerprint density at radius 1 is 0.925 bits per heavy atom. The van der Waals surface area contributed by atoms with Crippen molar-refractivity contribution in [3.05, 3.63) is 94.5 Å². The van der Waals surface area contributed by atoms with E-state index >= 15 is 0 Å². The maximum Gasteiger partial charge on any atom is 0.264 e. The number of sulfonamides is 1. The molecule has 0 fully saturated rings. The van der Waals surface area contributed by atoms with Crippen LogP contribution in [0.15, 0.2) is 77.7 Å². The first kappa shape index (κ1) is 31.2. The highest BCUT2D eigenvalue weighted by Gasteiger charge is 2.34. The van der Waals surface area contributed by atoms with Crippen LogP contribution < -0.4 is 9.62 Å². The summed E-state index contributed by atoms with van der Waals surface area (Å²) in [5.41, 5.74) is 2.57. The molecular formula is C31H38ClN3O4S. The van der Waals surface area contributed by atoms with Gasteiger partial charge in [-0.25, -0.2) is 8.42 Å². The van der Waals surface area contributed by atoms with E-state index in [1.54, 1.807) is 12.1 Å². The Kier molecular flexibility index (Phi) is 10.0. The van der Waals surface area contributed by atoms with E-state index in [4.69, 9.17) is 11.6 Å².